The monoisotopic (exact) mass is 386 g/mol. The third-order valence-electron chi connectivity index (χ3n) is 3.95. The number of unbranched alkanes of at least 4 members (excludes halogenated alkanes) is 3. The van der Waals surface area contributed by atoms with Crippen molar-refractivity contribution in [1.29, 1.82) is 0 Å². The molecule has 0 aliphatic carbocycles. The summed E-state index contributed by atoms with van der Waals surface area (Å²) in [6.45, 7) is 2.75. The predicted molar refractivity (Wildman–Crippen MR) is 107 cm³/mol. The molecule has 0 saturated heterocycles. The molecule has 0 radical (unpaired) electrons. The molecule has 0 fully saturated rings. The number of nitro groups is 2. The van der Waals surface area contributed by atoms with E-state index in [4.69, 9.17) is 4.74 Å². The molecule has 0 unspecified atom stereocenters. The minimum Gasteiger partial charge on any atom is -0.493 e. The van der Waals surface area contributed by atoms with E-state index in [1.54, 1.807) is 0 Å². The Morgan fingerprint density at radius 2 is 1.86 bits per heavy atom. The zero-order valence-electron chi connectivity index (χ0n) is 15.5. The second-order valence-corrected chi connectivity index (χ2v) is 6.03. The molecule has 0 saturated carbocycles. The maximum absolute atomic E-state index is 11.1. The lowest BCUT2D eigenvalue weighted by Crippen LogP contribution is -2.01. The normalized spacial score (nSPS) is 10.8. The lowest BCUT2D eigenvalue weighted by Gasteiger charge is -2.08. The van der Waals surface area contributed by atoms with E-state index in [2.05, 4.69) is 17.5 Å². The van der Waals surface area contributed by atoms with Crippen LogP contribution in [0.1, 0.15) is 38.2 Å². The molecule has 2 aromatic rings. The molecule has 0 aromatic heterocycles. The number of nitrogens with zero attached hydrogens (tertiary/aromatic N) is 3. The lowest BCUT2D eigenvalue weighted by atomic mass is 10.2. The maximum atomic E-state index is 11.1. The van der Waals surface area contributed by atoms with Crippen molar-refractivity contribution in [3.63, 3.8) is 0 Å². The quantitative estimate of drug-likeness (QED) is 0.254. The summed E-state index contributed by atoms with van der Waals surface area (Å²) in [5.41, 5.74) is 2.57. The SMILES string of the molecule is CCCCCCOc1ccccc1/C=N\Nc1ccc([N+](=O)[O-])cc1[N+](=O)[O-]. The molecule has 0 heterocycles. The summed E-state index contributed by atoms with van der Waals surface area (Å²) in [5.74, 6) is 0.669. The summed E-state index contributed by atoms with van der Waals surface area (Å²) < 4.78 is 5.79. The first-order chi connectivity index (χ1) is 13.5. The first-order valence-corrected chi connectivity index (χ1v) is 8.96. The second-order valence-electron chi connectivity index (χ2n) is 6.03. The molecule has 9 heteroatoms. The van der Waals surface area contributed by atoms with Gasteiger partial charge in [0.25, 0.3) is 5.69 Å². The Hall–Kier alpha value is -3.49. The first-order valence-electron chi connectivity index (χ1n) is 8.96. The van der Waals surface area contributed by atoms with Gasteiger partial charge in [-0.2, -0.15) is 5.10 Å². The van der Waals surface area contributed by atoms with Gasteiger partial charge in [-0.1, -0.05) is 38.3 Å². The van der Waals surface area contributed by atoms with Crippen molar-refractivity contribution in [2.45, 2.75) is 32.6 Å². The van der Waals surface area contributed by atoms with Crippen LogP contribution >= 0.6 is 0 Å². The van der Waals surface area contributed by atoms with Crippen LogP contribution in [0, 0.1) is 20.2 Å². The van der Waals surface area contributed by atoms with Gasteiger partial charge in [0, 0.05) is 11.6 Å². The number of benzene rings is 2. The highest BCUT2D eigenvalue weighted by Crippen LogP contribution is 2.29. The molecule has 148 valence electrons. The van der Waals surface area contributed by atoms with Gasteiger partial charge in [-0.25, -0.2) is 0 Å². The fourth-order valence-electron chi connectivity index (χ4n) is 2.48. The third-order valence-corrected chi connectivity index (χ3v) is 3.95. The van der Waals surface area contributed by atoms with Gasteiger partial charge in [-0.3, -0.25) is 25.7 Å². The Kier molecular flexibility index (Phi) is 7.89. The maximum Gasteiger partial charge on any atom is 0.301 e. The Labute approximate surface area is 162 Å². The van der Waals surface area contributed by atoms with Crippen molar-refractivity contribution in [1.82, 2.24) is 0 Å². The van der Waals surface area contributed by atoms with Gasteiger partial charge < -0.3 is 4.74 Å². The number of anilines is 1. The highest BCUT2D eigenvalue weighted by atomic mass is 16.6. The zero-order valence-corrected chi connectivity index (χ0v) is 15.5. The molecule has 0 aliphatic heterocycles. The van der Waals surface area contributed by atoms with Gasteiger partial charge in [0.05, 0.1) is 28.7 Å². The number of ether oxygens (including phenoxy) is 1. The van der Waals surface area contributed by atoms with Crippen LogP contribution in [0.15, 0.2) is 47.6 Å². The molecule has 2 rings (SSSR count). The summed E-state index contributed by atoms with van der Waals surface area (Å²) in [5, 5.41) is 26.0. The van der Waals surface area contributed by atoms with E-state index >= 15 is 0 Å². The summed E-state index contributed by atoms with van der Waals surface area (Å²) in [4.78, 5) is 20.6. The van der Waals surface area contributed by atoms with Gasteiger partial charge in [0.15, 0.2) is 0 Å². The van der Waals surface area contributed by atoms with Crippen LogP contribution in [-0.4, -0.2) is 22.7 Å². The largest absolute Gasteiger partial charge is 0.493 e. The van der Waals surface area contributed by atoms with Crippen molar-refractivity contribution < 1.29 is 14.6 Å². The number of hydrogen-bond acceptors (Lipinski definition) is 7. The fourth-order valence-corrected chi connectivity index (χ4v) is 2.48. The number of para-hydroxylation sites is 1. The smallest absolute Gasteiger partial charge is 0.301 e. The molecule has 9 nitrogen and oxygen atoms in total. The van der Waals surface area contributed by atoms with Crippen LogP contribution in [0.5, 0.6) is 5.75 Å². The van der Waals surface area contributed by atoms with Crippen LogP contribution in [-0.2, 0) is 0 Å². The highest BCUT2D eigenvalue weighted by molar-refractivity contribution is 5.84. The molecule has 28 heavy (non-hydrogen) atoms. The predicted octanol–water partition coefficient (Wildman–Crippen LogP) is 4.91. The van der Waals surface area contributed by atoms with Crippen LogP contribution < -0.4 is 10.2 Å². The van der Waals surface area contributed by atoms with E-state index in [0.717, 1.165) is 30.9 Å². The fraction of sp³-hybridized carbons (Fsp3) is 0.316. The number of nitro benzene ring substituents is 2. The molecule has 0 aliphatic rings. The lowest BCUT2D eigenvalue weighted by molar-refractivity contribution is -0.393. The molecular formula is C19H22N4O5. The Morgan fingerprint density at radius 1 is 1.07 bits per heavy atom. The summed E-state index contributed by atoms with van der Waals surface area (Å²) in [6, 6.07) is 10.7. The molecule has 0 bridgehead atoms. The summed E-state index contributed by atoms with van der Waals surface area (Å²) >= 11 is 0. The van der Waals surface area contributed by atoms with Crippen molar-refractivity contribution in [2.75, 3.05) is 12.0 Å². The summed E-state index contributed by atoms with van der Waals surface area (Å²) in [7, 11) is 0. The van der Waals surface area contributed by atoms with E-state index in [1.165, 1.54) is 24.8 Å². The van der Waals surface area contributed by atoms with E-state index < -0.39 is 15.5 Å². The first kappa shape index (κ1) is 20.8. The van der Waals surface area contributed by atoms with Gasteiger partial charge in [-0.05, 0) is 24.6 Å². The number of hydrazone groups is 1. The van der Waals surface area contributed by atoms with Gasteiger partial charge in [0.2, 0.25) is 0 Å². The Bertz CT molecular complexity index is 854. The molecule has 0 spiro atoms. The van der Waals surface area contributed by atoms with E-state index in [1.807, 2.05) is 24.3 Å². The third kappa shape index (κ3) is 6.04. The average Bonchev–Trinajstić information content (AvgIpc) is 2.68. The molecule has 0 amide bonds. The van der Waals surface area contributed by atoms with E-state index in [-0.39, 0.29) is 11.4 Å². The molecule has 2 aromatic carbocycles. The number of nitrogens with one attached hydrogen (secondary N) is 1. The highest BCUT2D eigenvalue weighted by Gasteiger charge is 2.19. The van der Waals surface area contributed by atoms with E-state index in [0.29, 0.717) is 12.4 Å². The number of rotatable bonds is 11. The van der Waals surface area contributed by atoms with Gasteiger partial charge in [0.1, 0.15) is 11.4 Å². The van der Waals surface area contributed by atoms with Crippen molar-refractivity contribution in [3.8, 4) is 5.75 Å². The number of hydrogen-bond donors (Lipinski definition) is 1. The van der Waals surface area contributed by atoms with Crippen LogP contribution in [0.2, 0.25) is 0 Å². The second kappa shape index (κ2) is 10.6. The van der Waals surface area contributed by atoms with E-state index in [9.17, 15) is 20.2 Å². The topological polar surface area (TPSA) is 120 Å². The molecule has 0 atom stereocenters. The average molecular weight is 386 g/mol. The summed E-state index contributed by atoms with van der Waals surface area (Å²) in [6.07, 6.45) is 5.89. The Balaban J connectivity index is 2.07. The Morgan fingerprint density at radius 3 is 2.57 bits per heavy atom. The minimum absolute atomic E-state index is 0.0600. The van der Waals surface area contributed by atoms with Crippen molar-refractivity contribution in [3.05, 3.63) is 68.3 Å². The van der Waals surface area contributed by atoms with Gasteiger partial charge >= 0.3 is 5.69 Å². The van der Waals surface area contributed by atoms with Crippen molar-refractivity contribution in [2.24, 2.45) is 5.10 Å². The minimum atomic E-state index is -0.696. The van der Waals surface area contributed by atoms with Crippen LogP contribution in [0.4, 0.5) is 17.1 Å². The zero-order chi connectivity index (χ0) is 20.4. The van der Waals surface area contributed by atoms with Crippen LogP contribution in [0.25, 0.3) is 0 Å². The van der Waals surface area contributed by atoms with Gasteiger partial charge in [-0.15, -0.1) is 0 Å². The molecular weight excluding hydrogens is 364 g/mol. The standard InChI is InChI=1S/C19H22N4O5/c1-2-3-4-7-12-28-19-9-6-5-8-15(19)14-20-21-17-11-10-16(22(24)25)13-18(17)23(26)27/h5-6,8-11,13-14,21H,2-4,7,12H2,1H3/b20-14-. The molecule has 1 N–H and O–H groups in total. The van der Waals surface area contributed by atoms with Crippen molar-refractivity contribution >= 4 is 23.3 Å². The van der Waals surface area contributed by atoms with Crippen LogP contribution in [0.3, 0.4) is 0 Å². The number of non-ortho nitro benzene ring substituents is 1.